The molecular weight excluding hydrogens is 436 g/mol. The molecule has 5 N–H and O–H groups in total. The van der Waals surface area contributed by atoms with Crippen LogP contribution >= 0.6 is 0 Å². The minimum absolute atomic E-state index is 0.0242. The topological polar surface area (TPSA) is 96.2 Å². The predicted molar refractivity (Wildman–Crippen MR) is 143 cm³/mol. The standard InChI is InChI=1S/C29H32N4O2/c30-25-13-7-8-14-26(25)33-27(34)20-17-21-15-18-22(19-16-21)28(31-23-9-3-1-4-10-23)29(35)32-24-11-5-2-6-12-24/h1,3-4,7-10,13-20,24,28,31H,2,5-6,11-12,30H2,(H,32,35)(H,33,34). The monoisotopic (exact) mass is 468 g/mol. The molecule has 35 heavy (non-hydrogen) atoms. The number of carbonyl (C=O) groups is 2. The van der Waals surface area contributed by atoms with Gasteiger partial charge in [-0.2, -0.15) is 0 Å². The molecule has 180 valence electrons. The van der Waals surface area contributed by atoms with E-state index in [1.807, 2.05) is 66.7 Å². The van der Waals surface area contributed by atoms with Crippen LogP contribution in [0.5, 0.6) is 0 Å². The molecule has 1 saturated carbocycles. The number of carbonyl (C=O) groups excluding carboxylic acids is 2. The van der Waals surface area contributed by atoms with E-state index in [1.54, 1.807) is 18.2 Å². The summed E-state index contributed by atoms with van der Waals surface area (Å²) in [5, 5.41) is 9.40. The van der Waals surface area contributed by atoms with Crippen LogP contribution in [0.4, 0.5) is 17.1 Å². The summed E-state index contributed by atoms with van der Waals surface area (Å²) in [6.45, 7) is 0. The maximum atomic E-state index is 13.3. The molecule has 1 aliphatic carbocycles. The van der Waals surface area contributed by atoms with Gasteiger partial charge in [0.2, 0.25) is 11.8 Å². The molecule has 1 aliphatic rings. The molecule has 1 unspecified atom stereocenters. The zero-order chi connectivity index (χ0) is 24.5. The third-order valence-corrected chi connectivity index (χ3v) is 6.21. The SMILES string of the molecule is Nc1ccccc1NC(=O)C=Cc1ccc(C(Nc2ccccc2)C(=O)NC2CCCCC2)cc1. The minimum Gasteiger partial charge on any atom is -0.397 e. The fourth-order valence-corrected chi connectivity index (χ4v) is 4.29. The van der Waals surface area contributed by atoms with Crippen molar-refractivity contribution in [2.75, 3.05) is 16.4 Å². The summed E-state index contributed by atoms with van der Waals surface area (Å²) < 4.78 is 0. The maximum absolute atomic E-state index is 13.3. The molecule has 1 atom stereocenters. The van der Waals surface area contributed by atoms with Crippen LogP contribution in [0.1, 0.15) is 49.3 Å². The molecule has 0 bridgehead atoms. The van der Waals surface area contributed by atoms with E-state index in [-0.39, 0.29) is 17.9 Å². The molecule has 1 fully saturated rings. The number of para-hydroxylation sites is 3. The number of amides is 2. The first-order valence-electron chi connectivity index (χ1n) is 12.1. The number of anilines is 3. The lowest BCUT2D eigenvalue weighted by molar-refractivity contribution is -0.122. The van der Waals surface area contributed by atoms with Gasteiger partial charge < -0.3 is 21.7 Å². The van der Waals surface area contributed by atoms with Gasteiger partial charge in [0.25, 0.3) is 0 Å². The van der Waals surface area contributed by atoms with E-state index in [0.29, 0.717) is 11.4 Å². The molecule has 0 aliphatic heterocycles. The van der Waals surface area contributed by atoms with Crippen molar-refractivity contribution in [1.29, 1.82) is 0 Å². The molecule has 3 aromatic carbocycles. The van der Waals surface area contributed by atoms with Gasteiger partial charge in [-0.15, -0.1) is 0 Å². The Balaban J connectivity index is 1.45. The van der Waals surface area contributed by atoms with Gasteiger partial charge in [-0.05, 0) is 54.3 Å². The summed E-state index contributed by atoms with van der Waals surface area (Å²) in [7, 11) is 0. The molecule has 0 saturated heterocycles. The summed E-state index contributed by atoms with van der Waals surface area (Å²) in [5.74, 6) is -0.286. The zero-order valence-electron chi connectivity index (χ0n) is 19.7. The van der Waals surface area contributed by atoms with Crippen molar-refractivity contribution in [3.63, 3.8) is 0 Å². The normalized spacial score (nSPS) is 14.9. The predicted octanol–water partition coefficient (Wildman–Crippen LogP) is 5.52. The van der Waals surface area contributed by atoms with Crippen LogP contribution in [-0.2, 0) is 9.59 Å². The highest BCUT2D eigenvalue weighted by Crippen LogP contribution is 2.23. The smallest absolute Gasteiger partial charge is 0.248 e. The second-order valence-corrected chi connectivity index (χ2v) is 8.86. The Morgan fingerprint density at radius 2 is 1.54 bits per heavy atom. The maximum Gasteiger partial charge on any atom is 0.248 e. The van der Waals surface area contributed by atoms with Crippen LogP contribution in [0.25, 0.3) is 6.08 Å². The first kappa shape index (κ1) is 24.1. The van der Waals surface area contributed by atoms with Crippen molar-refractivity contribution >= 4 is 35.0 Å². The number of nitrogens with two attached hydrogens (primary N) is 1. The molecule has 0 radical (unpaired) electrons. The van der Waals surface area contributed by atoms with Crippen LogP contribution in [-0.4, -0.2) is 17.9 Å². The lowest BCUT2D eigenvalue weighted by atomic mass is 9.94. The summed E-state index contributed by atoms with van der Waals surface area (Å²) in [6, 6.07) is 24.3. The Labute approximate surface area is 206 Å². The van der Waals surface area contributed by atoms with Gasteiger partial charge in [-0.25, -0.2) is 0 Å². The highest BCUT2D eigenvalue weighted by Gasteiger charge is 2.24. The molecule has 2 amide bonds. The average Bonchev–Trinajstić information content (AvgIpc) is 2.89. The summed E-state index contributed by atoms with van der Waals surface area (Å²) in [5.41, 5.74) is 9.58. The Bertz CT molecular complexity index is 1150. The second kappa shape index (κ2) is 11.9. The summed E-state index contributed by atoms with van der Waals surface area (Å²) in [6.07, 6.45) is 8.83. The van der Waals surface area contributed by atoms with Crippen LogP contribution in [0.3, 0.4) is 0 Å². The van der Waals surface area contributed by atoms with Crippen LogP contribution in [0, 0.1) is 0 Å². The van der Waals surface area contributed by atoms with E-state index >= 15 is 0 Å². The van der Waals surface area contributed by atoms with Crippen molar-refractivity contribution in [1.82, 2.24) is 5.32 Å². The Morgan fingerprint density at radius 3 is 2.26 bits per heavy atom. The Kier molecular flexibility index (Phi) is 8.17. The van der Waals surface area contributed by atoms with Gasteiger partial charge in [-0.1, -0.05) is 73.9 Å². The number of benzene rings is 3. The van der Waals surface area contributed by atoms with Crippen LogP contribution < -0.4 is 21.7 Å². The van der Waals surface area contributed by atoms with Gasteiger partial charge in [0, 0.05) is 17.8 Å². The zero-order valence-corrected chi connectivity index (χ0v) is 19.7. The molecular formula is C29H32N4O2. The Hall–Kier alpha value is -4.06. The summed E-state index contributed by atoms with van der Waals surface area (Å²) >= 11 is 0. The average molecular weight is 469 g/mol. The number of hydrogen-bond acceptors (Lipinski definition) is 4. The van der Waals surface area contributed by atoms with Crippen molar-refractivity contribution < 1.29 is 9.59 Å². The first-order valence-corrected chi connectivity index (χ1v) is 12.1. The lowest BCUT2D eigenvalue weighted by Crippen LogP contribution is -2.41. The summed E-state index contributed by atoms with van der Waals surface area (Å²) in [4.78, 5) is 25.5. The van der Waals surface area contributed by atoms with Gasteiger partial charge in [0.05, 0.1) is 11.4 Å². The molecule has 0 heterocycles. The van der Waals surface area contributed by atoms with Crippen LogP contribution in [0.15, 0.2) is 84.9 Å². The van der Waals surface area contributed by atoms with E-state index in [0.717, 1.165) is 42.5 Å². The second-order valence-electron chi connectivity index (χ2n) is 8.86. The quantitative estimate of drug-likeness (QED) is 0.258. The third-order valence-electron chi connectivity index (χ3n) is 6.21. The van der Waals surface area contributed by atoms with Crippen molar-refractivity contribution in [3.05, 3.63) is 96.1 Å². The van der Waals surface area contributed by atoms with Gasteiger partial charge >= 0.3 is 0 Å². The van der Waals surface area contributed by atoms with Crippen LogP contribution in [0.2, 0.25) is 0 Å². The van der Waals surface area contributed by atoms with E-state index in [2.05, 4.69) is 16.0 Å². The van der Waals surface area contributed by atoms with E-state index in [1.165, 1.54) is 12.5 Å². The minimum atomic E-state index is -0.512. The Morgan fingerprint density at radius 1 is 0.857 bits per heavy atom. The highest BCUT2D eigenvalue weighted by molar-refractivity contribution is 6.03. The number of hydrogen-bond donors (Lipinski definition) is 4. The largest absolute Gasteiger partial charge is 0.397 e. The molecule has 4 rings (SSSR count). The lowest BCUT2D eigenvalue weighted by Gasteiger charge is -2.26. The molecule has 6 heteroatoms. The fourth-order valence-electron chi connectivity index (χ4n) is 4.29. The number of nitrogens with one attached hydrogen (secondary N) is 3. The van der Waals surface area contributed by atoms with Gasteiger partial charge in [-0.3, -0.25) is 9.59 Å². The van der Waals surface area contributed by atoms with E-state index in [4.69, 9.17) is 5.73 Å². The highest BCUT2D eigenvalue weighted by atomic mass is 16.2. The molecule has 3 aromatic rings. The van der Waals surface area contributed by atoms with Gasteiger partial charge in [0.15, 0.2) is 0 Å². The number of nitrogen functional groups attached to an aromatic ring is 1. The van der Waals surface area contributed by atoms with E-state index in [9.17, 15) is 9.59 Å². The first-order chi connectivity index (χ1) is 17.1. The van der Waals surface area contributed by atoms with Crippen molar-refractivity contribution in [2.24, 2.45) is 0 Å². The van der Waals surface area contributed by atoms with Gasteiger partial charge in [0.1, 0.15) is 6.04 Å². The third kappa shape index (κ3) is 6.96. The van der Waals surface area contributed by atoms with Crippen molar-refractivity contribution in [2.45, 2.75) is 44.2 Å². The van der Waals surface area contributed by atoms with Crippen molar-refractivity contribution in [3.8, 4) is 0 Å². The molecule has 0 spiro atoms. The molecule has 6 nitrogen and oxygen atoms in total. The fraction of sp³-hybridized carbons (Fsp3) is 0.241. The molecule has 0 aromatic heterocycles. The number of rotatable bonds is 8. The van der Waals surface area contributed by atoms with E-state index < -0.39 is 6.04 Å².